The van der Waals surface area contributed by atoms with Crippen LogP contribution in [-0.2, 0) is 0 Å². The van der Waals surface area contributed by atoms with Crippen molar-refractivity contribution >= 4 is 34.5 Å². The molecule has 2 aromatic heterocycles. The molecule has 34 heavy (non-hydrogen) atoms. The second-order valence-corrected chi connectivity index (χ2v) is 7.98. The van der Waals surface area contributed by atoms with Gasteiger partial charge in [-0.15, -0.1) is 0 Å². The first kappa shape index (κ1) is 20.3. The highest BCUT2D eigenvalue weighted by molar-refractivity contribution is 6.59. The monoisotopic (exact) mass is 443 g/mol. The number of hydrogen-bond acceptors (Lipinski definition) is 6. The molecule has 0 aliphatic heterocycles. The van der Waals surface area contributed by atoms with Crippen LogP contribution in [0.5, 0.6) is 0 Å². The fourth-order valence-electron chi connectivity index (χ4n) is 4.03. The van der Waals surface area contributed by atoms with Gasteiger partial charge in [-0.05, 0) is 29.7 Å². The zero-order chi connectivity index (χ0) is 23.1. The number of nitrogens with zero attached hydrogens (tertiary/aromatic N) is 3. The van der Waals surface area contributed by atoms with Gasteiger partial charge in [-0.1, -0.05) is 72.8 Å². The van der Waals surface area contributed by atoms with E-state index in [9.17, 15) is 10.0 Å². The zero-order valence-corrected chi connectivity index (χ0v) is 18.0. The minimum atomic E-state index is -1.55. The van der Waals surface area contributed by atoms with Crippen LogP contribution < -0.4 is 5.46 Å². The summed E-state index contributed by atoms with van der Waals surface area (Å²) >= 11 is 0. The number of benzene rings is 4. The molecule has 0 saturated carbocycles. The first-order valence-corrected chi connectivity index (χ1v) is 10.9. The van der Waals surface area contributed by atoms with E-state index < -0.39 is 7.12 Å². The van der Waals surface area contributed by atoms with Gasteiger partial charge in [-0.2, -0.15) is 0 Å². The van der Waals surface area contributed by atoms with Crippen LogP contribution in [0, 0.1) is 0 Å². The maximum Gasteiger partial charge on any atom is 0.488 e. The smallest absolute Gasteiger partial charge is 0.456 e. The number of hydrogen-bond donors (Lipinski definition) is 2. The summed E-state index contributed by atoms with van der Waals surface area (Å²) in [6, 6.07) is 30.5. The molecule has 6 rings (SSSR count). The summed E-state index contributed by atoms with van der Waals surface area (Å²) in [4.78, 5) is 14.3. The molecule has 0 atom stereocenters. The third-order valence-corrected chi connectivity index (χ3v) is 5.75. The van der Waals surface area contributed by atoms with Gasteiger partial charge in [0.1, 0.15) is 11.2 Å². The average Bonchev–Trinajstić information content (AvgIpc) is 3.26. The molecule has 162 valence electrons. The summed E-state index contributed by atoms with van der Waals surface area (Å²) in [6.45, 7) is 0. The fraction of sp³-hybridized carbons (Fsp3) is 0. The standard InChI is InChI=1S/C27H18BN3O3/c32-28(33)20-12-14-24-22(16-20)21-15-19(11-13-23(21)34-24)27-30-25(17-7-3-1-4-8-17)29-26(31-27)18-9-5-2-6-10-18/h1-16,32-33H. The lowest BCUT2D eigenvalue weighted by molar-refractivity contribution is 0.426. The van der Waals surface area contributed by atoms with E-state index in [1.54, 1.807) is 18.2 Å². The van der Waals surface area contributed by atoms with Crippen molar-refractivity contribution in [3.63, 3.8) is 0 Å². The highest BCUT2D eigenvalue weighted by atomic mass is 16.4. The Morgan fingerprint density at radius 1 is 0.529 bits per heavy atom. The molecule has 6 aromatic rings. The molecule has 0 fully saturated rings. The Hall–Kier alpha value is -4.33. The van der Waals surface area contributed by atoms with Crippen molar-refractivity contribution < 1.29 is 14.5 Å². The van der Waals surface area contributed by atoms with E-state index in [1.807, 2.05) is 78.9 Å². The summed E-state index contributed by atoms with van der Waals surface area (Å²) in [7, 11) is -1.55. The van der Waals surface area contributed by atoms with Crippen LogP contribution in [0.3, 0.4) is 0 Å². The van der Waals surface area contributed by atoms with Gasteiger partial charge in [-0.25, -0.2) is 15.0 Å². The van der Waals surface area contributed by atoms with Crippen molar-refractivity contribution in [3.8, 4) is 34.2 Å². The molecule has 4 aromatic carbocycles. The molecule has 0 aliphatic rings. The molecule has 0 spiro atoms. The molecule has 0 radical (unpaired) electrons. The summed E-state index contributed by atoms with van der Waals surface area (Å²) < 4.78 is 5.95. The van der Waals surface area contributed by atoms with Crippen LogP contribution >= 0.6 is 0 Å². The summed E-state index contributed by atoms with van der Waals surface area (Å²) in [5, 5.41) is 20.8. The Bertz CT molecular complexity index is 1580. The second-order valence-electron chi connectivity index (χ2n) is 7.98. The van der Waals surface area contributed by atoms with Crippen molar-refractivity contribution in [1.82, 2.24) is 15.0 Å². The van der Waals surface area contributed by atoms with Crippen LogP contribution in [0.1, 0.15) is 0 Å². The minimum absolute atomic E-state index is 0.401. The van der Waals surface area contributed by atoms with E-state index in [-0.39, 0.29) is 0 Å². The Balaban J connectivity index is 1.56. The average molecular weight is 443 g/mol. The molecule has 7 heteroatoms. The maximum absolute atomic E-state index is 9.60. The van der Waals surface area contributed by atoms with Crippen molar-refractivity contribution in [1.29, 1.82) is 0 Å². The highest BCUT2D eigenvalue weighted by Crippen LogP contribution is 2.32. The molecule has 0 bridgehead atoms. The van der Waals surface area contributed by atoms with Gasteiger partial charge in [0.2, 0.25) is 0 Å². The number of rotatable bonds is 4. The Labute approximate surface area is 195 Å². The normalized spacial score (nSPS) is 11.2. The van der Waals surface area contributed by atoms with Crippen molar-refractivity contribution in [2.45, 2.75) is 0 Å². The molecule has 0 saturated heterocycles. The van der Waals surface area contributed by atoms with E-state index in [0.29, 0.717) is 34.1 Å². The van der Waals surface area contributed by atoms with Gasteiger partial charge in [0.25, 0.3) is 0 Å². The van der Waals surface area contributed by atoms with Gasteiger partial charge >= 0.3 is 7.12 Å². The third-order valence-electron chi connectivity index (χ3n) is 5.75. The maximum atomic E-state index is 9.60. The second kappa shape index (κ2) is 8.22. The van der Waals surface area contributed by atoms with Crippen molar-refractivity contribution in [2.24, 2.45) is 0 Å². The first-order chi connectivity index (χ1) is 16.7. The predicted molar refractivity (Wildman–Crippen MR) is 133 cm³/mol. The molecule has 0 amide bonds. The predicted octanol–water partition coefficient (Wildman–Crippen LogP) is 4.45. The molecular formula is C27H18BN3O3. The fourth-order valence-corrected chi connectivity index (χ4v) is 4.03. The van der Waals surface area contributed by atoms with Crippen LogP contribution in [-0.4, -0.2) is 32.1 Å². The number of fused-ring (bicyclic) bond motifs is 3. The molecular weight excluding hydrogens is 425 g/mol. The van der Waals surface area contributed by atoms with Crippen LogP contribution in [0.4, 0.5) is 0 Å². The van der Waals surface area contributed by atoms with Gasteiger partial charge in [0.05, 0.1) is 0 Å². The summed E-state index contributed by atoms with van der Waals surface area (Å²) in [5.41, 5.74) is 4.38. The minimum Gasteiger partial charge on any atom is -0.456 e. The lowest BCUT2D eigenvalue weighted by Gasteiger charge is -2.08. The van der Waals surface area contributed by atoms with Crippen LogP contribution in [0.15, 0.2) is 101 Å². The Morgan fingerprint density at radius 3 is 1.59 bits per heavy atom. The number of aromatic nitrogens is 3. The topological polar surface area (TPSA) is 92.3 Å². The molecule has 0 unspecified atom stereocenters. The molecule has 2 N–H and O–H groups in total. The first-order valence-electron chi connectivity index (χ1n) is 10.9. The number of furan rings is 1. The molecule has 6 nitrogen and oxygen atoms in total. The Kier molecular flexibility index (Phi) is 4.91. The van der Waals surface area contributed by atoms with Gasteiger partial charge in [0.15, 0.2) is 17.5 Å². The summed E-state index contributed by atoms with van der Waals surface area (Å²) in [5.74, 6) is 1.72. The Morgan fingerprint density at radius 2 is 1.03 bits per heavy atom. The van der Waals surface area contributed by atoms with Gasteiger partial charge in [0, 0.05) is 27.5 Å². The third kappa shape index (κ3) is 3.63. The SMILES string of the molecule is OB(O)c1ccc2oc3ccc(-c4nc(-c5ccccc5)nc(-c5ccccc5)n4)cc3c2c1. The van der Waals surface area contributed by atoms with Crippen molar-refractivity contribution in [2.75, 3.05) is 0 Å². The van der Waals surface area contributed by atoms with Crippen LogP contribution in [0.25, 0.3) is 56.1 Å². The van der Waals surface area contributed by atoms with Crippen LogP contribution in [0.2, 0.25) is 0 Å². The van der Waals surface area contributed by atoms with Crippen molar-refractivity contribution in [3.05, 3.63) is 97.1 Å². The van der Waals surface area contributed by atoms with E-state index in [1.165, 1.54) is 0 Å². The molecule has 2 heterocycles. The van der Waals surface area contributed by atoms with E-state index in [4.69, 9.17) is 19.4 Å². The quantitative estimate of drug-likeness (QED) is 0.391. The lowest BCUT2D eigenvalue weighted by Crippen LogP contribution is -2.29. The van der Waals surface area contributed by atoms with E-state index >= 15 is 0 Å². The van der Waals surface area contributed by atoms with E-state index in [0.717, 1.165) is 27.5 Å². The lowest BCUT2D eigenvalue weighted by atomic mass is 9.80. The van der Waals surface area contributed by atoms with E-state index in [2.05, 4.69) is 0 Å². The largest absolute Gasteiger partial charge is 0.488 e. The zero-order valence-electron chi connectivity index (χ0n) is 18.0. The molecule has 0 aliphatic carbocycles. The summed E-state index contributed by atoms with van der Waals surface area (Å²) in [6.07, 6.45) is 0. The highest BCUT2D eigenvalue weighted by Gasteiger charge is 2.17. The van der Waals surface area contributed by atoms with Gasteiger partial charge in [-0.3, -0.25) is 0 Å². The van der Waals surface area contributed by atoms with Gasteiger partial charge < -0.3 is 14.5 Å².